The molecule has 5 heteroatoms. The number of hydrogen-bond acceptors (Lipinski definition) is 5. The zero-order chi connectivity index (χ0) is 17.8. The van der Waals surface area contributed by atoms with Gasteiger partial charge in [-0.2, -0.15) is 0 Å². The van der Waals surface area contributed by atoms with Crippen molar-refractivity contribution in [1.82, 2.24) is 5.32 Å². The van der Waals surface area contributed by atoms with Crippen LogP contribution in [-0.4, -0.2) is 25.7 Å². The highest BCUT2D eigenvalue weighted by Gasteiger charge is 2.25. The molecule has 3 rings (SSSR count). The summed E-state index contributed by atoms with van der Waals surface area (Å²) in [6, 6.07) is 6.04. The summed E-state index contributed by atoms with van der Waals surface area (Å²) in [6.07, 6.45) is 6.05. The van der Waals surface area contributed by atoms with E-state index in [1.165, 1.54) is 12.8 Å². The highest BCUT2D eigenvalue weighted by Crippen LogP contribution is 2.37. The number of aliphatic carboxylic acids is 1. The smallest absolute Gasteiger partial charge is 0.161 e. The molecule has 1 saturated carbocycles. The van der Waals surface area contributed by atoms with E-state index in [0.717, 1.165) is 42.1 Å². The topological polar surface area (TPSA) is 70.6 Å². The monoisotopic (exact) mass is 344 g/mol. The first-order valence-electron chi connectivity index (χ1n) is 9.14. The minimum Gasteiger partial charge on any atom is -0.545 e. The van der Waals surface area contributed by atoms with Crippen molar-refractivity contribution in [3.05, 3.63) is 35.0 Å². The molecule has 25 heavy (non-hydrogen) atoms. The lowest BCUT2D eigenvalue weighted by atomic mass is 9.95. The summed E-state index contributed by atoms with van der Waals surface area (Å²) in [5.74, 6) is 0.694. The maximum absolute atomic E-state index is 11.2. The minimum atomic E-state index is -1.08. The van der Waals surface area contributed by atoms with Gasteiger partial charge in [0.25, 0.3) is 0 Å². The van der Waals surface area contributed by atoms with E-state index in [0.29, 0.717) is 18.4 Å². The lowest BCUT2D eigenvalue weighted by Crippen LogP contribution is -2.27. The van der Waals surface area contributed by atoms with E-state index in [4.69, 9.17) is 9.47 Å². The van der Waals surface area contributed by atoms with E-state index in [9.17, 15) is 9.90 Å². The Labute approximate surface area is 149 Å². The molecule has 0 amide bonds. The molecule has 1 aromatic carbocycles. The van der Waals surface area contributed by atoms with Crippen LogP contribution in [0, 0.1) is 0 Å². The third-order valence-electron chi connectivity index (χ3n) is 5.23. The first kappa shape index (κ1) is 17.6. The predicted octanol–water partition coefficient (Wildman–Crippen LogP) is 2.51. The summed E-state index contributed by atoms with van der Waals surface area (Å²) in [4.78, 5) is 11.2. The number of carboxylic acid groups (broad SMARTS) is 1. The normalized spacial score (nSPS) is 22.6. The van der Waals surface area contributed by atoms with Gasteiger partial charge in [-0.05, 0) is 61.8 Å². The average Bonchev–Trinajstić information content (AvgIpc) is 3.27. The van der Waals surface area contributed by atoms with Gasteiger partial charge in [0.2, 0.25) is 0 Å². The Morgan fingerprint density at radius 1 is 1.28 bits per heavy atom. The van der Waals surface area contributed by atoms with E-state index in [-0.39, 0.29) is 12.0 Å². The SMILES string of the molecule is CC/C(C(=O)[O-])=C1/CC(c2ccc(OC)c(OC3CCCC3)c2)CN1. The minimum absolute atomic E-state index is 0.229. The lowest BCUT2D eigenvalue weighted by molar-refractivity contribution is -0.299. The predicted molar refractivity (Wildman–Crippen MR) is 93.6 cm³/mol. The zero-order valence-corrected chi connectivity index (χ0v) is 15.0. The molecular weight excluding hydrogens is 318 g/mol. The van der Waals surface area contributed by atoms with Gasteiger partial charge in [-0.3, -0.25) is 0 Å². The van der Waals surface area contributed by atoms with Gasteiger partial charge >= 0.3 is 0 Å². The maximum atomic E-state index is 11.2. The number of methoxy groups -OCH3 is 1. The third kappa shape index (κ3) is 3.91. The largest absolute Gasteiger partial charge is 0.545 e. The number of benzene rings is 1. The van der Waals surface area contributed by atoms with Crippen LogP contribution in [0.3, 0.4) is 0 Å². The van der Waals surface area contributed by atoms with Crippen LogP contribution in [0.5, 0.6) is 11.5 Å². The van der Waals surface area contributed by atoms with Gasteiger partial charge in [-0.1, -0.05) is 13.0 Å². The van der Waals surface area contributed by atoms with Crippen molar-refractivity contribution in [2.24, 2.45) is 0 Å². The molecule has 0 spiro atoms. The molecule has 5 nitrogen and oxygen atoms in total. The first-order chi connectivity index (χ1) is 12.1. The van der Waals surface area contributed by atoms with E-state index >= 15 is 0 Å². The Morgan fingerprint density at radius 2 is 2.04 bits per heavy atom. The molecule has 0 aromatic heterocycles. The number of carboxylic acids is 1. The number of allylic oxidation sites excluding steroid dienone is 1. The van der Waals surface area contributed by atoms with Crippen LogP contribution in [0.15, 0.2) is 29.5 Å². The Balaban J connectivity index is 1.79. The molecule has 1 atom stereocenters. The van der Waals surface area contributed by atoms with E-state index in [1.54, 1.807) is 7.11 Å². The molecular formula is C20H26NO4-. The van der Waals surface area contributed by atoms with E-state index in [1.807, 2.05) is 19.1 Å². The summed E-state index contributed by atoms with van der Waals surface area (Å²) >= 11 is 0. The van der Waals surface area contributed by atoms with Crippen molar-refractivity contribution in [1.29, 1.82) is 0 Å². The first-order valence-corrected chi connectivity index (χ1v) is 9.14. The maximum Gasteiger partial charge on any atom is 0.161 e. The van der Waals surface area contributed by atoms with Crippen molar-refractivity contribution in [3.63, 3.8) is 0 Å². The Kier molecular flexibility index (Phi) is 5.51. The molecule has 1 heterocycles. The fourth-order valence-electron chi connectivity index (χ4n) is 3.81. The molecule has 1 unspecified atom stereocenters. The van der Waals surface area contributed by atoms with Crippen LogP contribution >= 0.6 is 0 Å². The number of ether oxygens (including phenoxy) is 2. The summed E-state index contributed by atoms with van der Waals surface area (Å²) < 4.78 is 11.6. The number of carbonyl (C=O) groups is 1. The lowest BCUT2D eigenvalue weighted by Gasteiger charge is -2.18. The highest BCUT2D eigenvalue weighted by molar-refractivity contribution is 5.85. The molecule has 0 radical (unpaired) electrons. The quantitative estimate of drug-likeness (QED) is 0.803. The zero-order valence-electron chi connectivity index (χ0n) is 15.0. The molecule has 0 bridgehead atoms. The van der Waals surface area contributed by atoms with Gasteiger partial charge in [0.15, 0.2) is 11.5 Å². The van der Waals surface area contributed by atoms with Crippen molar-refractivity contribution >= 4 is 5.97 Å². The summed E-state index contributed by atoms with van der Waals surface area (Å²) in [6.45, 7) is 2.56. The van der Waals surface area contributed by atoms with Crippen LogP contribution < -0.4 is 19.9 Å². The van der Waals surface area contributed by atoms with E-state index in [2.05, 4.69) is 11.4 Å². The molecule has 1 saturated heterocycles. The molecule has 1 aliphatic carbocycles. The molecule has 1 N–H and O–H groups in total. The van der Waals surface area contributed by atoms with Gasteiger partial charge in [0.1, 0.15) is 0 Å². The second-order valence-electron chi connectivity index (χ2n) is 6.81. The van der Waals surface area contributed by atoms with Crippen molar-refractivity contribution in [3.8, 4) is 11.5 Å². The molecule has 1 aliphatic heterocycles. The number of nitrogens with one attached hydrogen (secondary N) is 1. The van der Waals surface area contributed by atoms with Crippen molar-refractivity contribution < 1.29 is 19.4 Å². The molecule has 1 aromatic rings. The number of hydrogen-bond donors (Lipinski definition) is 1. The van der Waals surface area contributed by atoms with Gasteiger partial charge in [0.05, 0.1) is 19.2 Å². The fraction of sp³-hybridized carbons (Fsp3) is 0.550. The van der Waals surface area contributed by atoms with Crippen LogP contribution in [0.2, 0.25) is 0 Å². The van der Waals surface area contributed by atoms with Crippen LogP contribution in [0.4, 0.5) is 0 Å². The standard InChI is InChI=1S/C20H27NO4/c1-3-16(20(22)23)17-10-14(12-21-17)13-8-9-18(24-2)19(11-13)25-15-6-4-5-7-15/h8-9,11,14-15,21H,3-7,10,12H2,1-2H3,(H,22,23)/p-1/b17-16+. The number of carbonyl (C=O) groups excluding carboxylic acids is 1. The van der Waals surface area contributed by atoms with Crippen LogP contribution in [0.1, 0.15) is 56.9 Å². The number of rotatable bonds is 6. The summed E-state index contributed by atoms with van der Waals surface area (Å²) in [7, 11) is 1.65. The van der Waals surface area contributed by atoms with Crippen molar-refractivity contribution in [2.45, 2.75) is 57.5 Å². The summed E-state index contributed by atoms with van der Waals surface area (Å²) in [5, 5.41) is 14.5. The average molecular weight is 344 g/mol. The van der Waals surface area contributed by atoms with E-state index < -0.39 is 5.97 Å². The Morgan fingerprint density at radius 3 is 2.68 bits per heavy atom. The fourth-order valence-corrected chi connectivity index (χ4v) is 3.81. The second kappa shape index (κ2) is 7.81. The van der Waals surface area contributed by atoms with Crippen LogP contribution in [0.25, 0.3) is 0 Å². The van der Waals surface area contributed by atoms with Gasteiger partial charge in [-0.25, -0.2) is 0 Å². The summed E-state index contributed by atoms with van der Waals surface area (Å²) in [5.41, 5.74) is 2.31. The van der Waals surface area contributed by atoms with Gasteiger partial charge < -0.3 is 24.7 Å². The van der Waals surface area contributed by atoms with Gasteiger partial charge in [-0.15, -0.1) is 0 Å². The Bertz CT molecular complexity index is 662. The third-order valence-corrected chi connectivity index (χ3v) is 5.23. The van der Waals surface area contributed by atoms with Crippen molar-refractivity contribution in [2.75, 3.05) is 13.7 Å². The van der Waals surface area contributed by atoms with Crippen LogP contribution in [-0.2, 0) is 4.79 Å². The molecule has 2 fully saturated rings. The Hall–Kier alpha value is -2.17. The molecule has 136 valence electrons. The second-order valence-corrected chi connectivity index (χ2v) is 6.81. The van der Waals surface area contributed by atoms with Gasteiger partial charge in [0, 0.05) is 18.2 Å². The highest BCUT2D eigenvalue weighted by atomic mass is 16.5. The molecule has 2 aliphatic rings.